The molecule has 1 nitrogen and oxygen atoms in total. The molecule has 2 aromatic rings. The number of hydrogen-bond acceptors (Lipinski definition) is 1. The minimum atomic E-state index is 1.10. The SMILES string of the molecule is CCCCc1ccc(CN2CCCCC2)c(-c2ccccc2)c1. The van der Waals surface area contributed by atoms with E-state index in [4.69, 9.17) is 0 Å². The van der Waals surface area contributed by atoms with Gasteiger partial charge in [0.15, 0.2) is 0 Å². The van der Waals surface area contributed by atoms with Gasteiger partial charge in [0.2, 0.25) is 0 Å². The monoisotopic (exact) mass is 307 g/mol. The molecular formula is C22H29N. The summed E-state index contributed by atoms with van der Waals surface area (Å²) >= 11 is 0. The van der Waals surface area contributed by atoms with Gasteiger partial charge in [-0.05, 0) is 61.0 Å². The summed E-state index contributed by atoms with van der Waals surface area (Å²) in [5, 5.41) is 0. The number of rotatable bonds is 6. The quantitative estimate of drug-likeness (QED) is 0.663. The molecule has 1 saturated heterocycles. The number of unbranched alkanes of at least 4 members (excludes halogenated alkanes) is 1. The molecule has 1 heteroatoms. The second-order valence-electron chi connectivity index (χ2n) is 6.80. The zero-order chi connectivity index (χ0) is 15.9. The van der Waals surface area contributed by atoms with Crippen molar-refractivity contribution in [1.29, 1.82) is 0 Å². The molecule has 0 aliphatic carbocycles. The molecule has 0 N–H and O–H groups in total. The first-order valence-corrected chi connectivity index (χ1v) is 9.26. The van der Waals surface area contributed by atoms with Crippen LogP contribution in [0.15, 0.2) is 48.5 Å². The van der Waals surface area contributed by atoms with Crippen molar-refractivity contribution in [2.45, 2.75) is 52.0 Å². The Morgan fingerprint density at radius 1 is 0.913 bits per heavy atom. The summed E-state index contributed by atoms with van der Waals surface area (Å²) in [6.07, 6.45) is 7.85. The van der Waals surface area contributed by atoms with Crippen molar-refractivity contribution in [1.82, 2.24) is 4.90 Å². The van der Waals surface area contributed by atoms with Crippen molar-refractivity contribution >= 4 is 0 Å². The molecule has 1 fully saturated rings. The van der Waals surface area contributed by atoms with Gasteiger partial charge in [0.1, 0.15) is 0 Å². The summed E-state index contributed by atoms with van der Waals surface area (Å²) in [6.45, 7) is 5.87. The average Bonchev–Trinajstić information content (AvgIpc) is 2.62. The van der Waals surface area contributed by atoms with E-state index >= 15 is 0 Å². The first kappa shape index (κ1) is 16.3. The molecule has 0 amide bonds. The molecule has 1 aliphatic rings. The minimum absolute atomic E-state index is 1.10. The van der Waals surface area contributed by atoms with E-state index in [9.17, 15) is 0 Å². The van der Waals surface area contributed by atoms with E-state index in [1.54, 1.807) is 0 Å². The zero-order valence-electron chi connectivity index (χ0n) is 14.4. The van der Waals surface area contributed by atoms with Gasteiger partial charge in [-0.15, -0.1) is 0 Å². The molecule has 0 saturated carbocycles. The summed E-state index contributed by atoms with van der Waals surface area (Å²) < 4.78 is 0. The van der Waals surface area contributed by atoms with Gasteiger partial charge in [-0.1, -0.05) is 68.3 Å². The van der Waals surface area contributed by atoms with Crippen molar-refractivity contribution in [3.63, 3.8) is 0 Å². The average molecular weight is 307 g/mol. The molecule has 3 rings (SSSR count). The van der Waals surface area contributed by atoms with E-state index < -0.39 is 0 Å². The first-order chi connectivity index (χ1) is 11.4. The van der Waals surface area contributed by atoms with Gasteiger partial charge >= 0.3 is 0 Å². The summed E-state index contributed by atoms with van der Waals surface area (Å²) in [5.74, 6) is 0. The lowest BCUT2D eigenvalue weighted by Crippen LogP contribution is -2.29. The highest BCUT2D eigenvalue weighted by atomic mass is 15.1. The smallest absolute Gasteiger partial charge is 0.0239 e. The molecule has 23 heavy (non-hydrogen) atoms. The van der Waals surface area contributed by atoms with E-state index in [1.807, 2.05) is 0 Å². The molecule has 0 aromatic heterocycles. The topological polar surface area (TPSA) is 3.24 Å². The van der Waals surface area contributed by atoms with Crippen molar-refractivity contribution in [3.05, 3.63) is 59.7 Å². The van der Waals surface area contributed by atoms with Gasteiger partial charge in [0, 0.05) is 6.54 Å². The van der Waals surface area contributed by atoms with Gasteiger partial charge < -0.3 is 0 Å². The van der Waals surface area contributed by atoms with Crippen LogP contribution in [0.5, 0.6) is 0 Å². The summed E-state index contributed by atoms with van der Waals surface area (Å²) in [7, 11) is 0. The Hall–Kier alpha value is -1.60. The van der Waals surface area contributed by atoms with Crippen molar-refractivity contribution in [2.24, 2.45) is 0 Å². The zero-order valence-corrected chi connectivity index (χ0v) is 14.4. The normalized spacial score (nSPS) is 15.7. The third kappa shape index (κ3) is 4.45. The molecule has 0 bridgehead atoms. The third-order valence-electron chi connectivity index (χ3n) is 4.92. The van der Waals surface area contributed by atoms with Crippen LogP contribution < -0.4 is 0 Å². The highest BCUT2D eigenvalue weighted by Crippen LogP contribution is 2.27. The van der Waals surface area contributed by atoms with Crippen molar-refractivity contribution in [2.75, 3.05) is 13.1 Å². The highest BCUT2D eigenvalue weighted by Gasteiger charge is 2.13. The maximum absolute atomic E-state index is 2.62. The van der Waals surface area contributed by atoms with E-state index in [0.29, 0.717) is 0 Å². The molecule has 1 heterocycles. The second-order valence-corrected chi connectivity index (χ2v) is 6.80. The summed E-state index contributed by atoms with van der Waals surface area (Å²) in [4.78, 5) is 2.62. The van der Waals surface area contributed by atoms with Crippen LogP contribution in [0.3, 0.4) is 0 Å². The van der Waals surface area contributed by atoms with E-state index in [2.05, 4.69) is 60.4 Å². The predicted octanol–water partition coefficient (Wildman–Crippen LogP) is 5.68. The van der Waals surface area contributed by atoms with Gasteiger partial charge in [-0.25, -0.2) is 0 Å². The fraction of sp³-hybridized carbons (Fsp3) is 0.455. The Labute approximate surface area is 141 Å². The molecule has 0 spiro atoms. The number of aryl methyl sites for hydroxylation is 1. The van der Waals surface area contributed by atoms with Crippen LogP contribution in [0.25, 0.3) is 11.1 Å². The fourth-order valence-corrected chi connectivity index (χ4v) is 3.54. The van der Waals surface area contributed by atoms with Crippen LogP contribution in [0.1, 0.15) is 50.2 Å². The van der Waals surface area contributed by atoms with Crippen LogP contribution in [-0.2, 0) is 13.0 Å². The van der Waals surface area contributed by atoms with Crippen molar-refractivity contribution < 1.29 is 0 Å². The Morgan fingerprint density at radius 2 is 1.70 bits per heavy atom. The van der Waals surface area contributed by atoms with Crippen molar-refractivity contribution in [3.8, 4) is 11.1 Å². The summed E-state index contributed by atoms with van der Waals surface area (Å²) in [6, 6.07) is 18.1. The maximum atomic E-state index is 2.62. The van der Waals surface area contributed by atoms with Crippen LogP contribution >= 0.6 is 0 Å². The lowest BCUT2D eigenvalue weighted by molar-refractivity contribution is 0.221. The summed E-state index contributed by atoms with van der Waals surface area (Å²) in [5.41, 5.74) is 5.76. The van der Waals surface area contributed by atoms with E-state index in [1.165, 1.54) is 73.9 Å². The Bertz CT molecular complexity index is 597. The standard InChI is InChI=1S/C22H29N/c1-2-3-10-19-13-14-21(18-23-15-8-5-9-16-23)22(17-19)20-11-6-4-7-12-20/h4,6-7,11-14,17H,2-3,5,8-10,15-16,18H2,1H3. The van der Waals surface area contributed by atoms with Crippen LogP contribution in [0.4, 0.5) is 0 Å². The number of benzene rings is 2. The molecule has 0 radical (unpaired) electrons. The molecule has 0 atom stereocenters. The van der Waals surface area contributed by atoms with E-state index in [0.717, 1.165) is 6.54 Å². The van der Waals surface area contributed by atoms with Gasteiger partial charge in [-0.3, -0.25) is 4.90 Å². The lowest BCUT2D eigenvalue weighted by atomic mass is 9.95. The first-order valence-electron chi connectivity index (χ1n) is 9.26. The third-order valence-corrected chi connectivity index (χ3v) is 4.92. The molecule has 1 aliphatic heterocycles. The largest absolute Gasteiger partial charge is 0.299 e. The lowest BCUT2D eigenvalue weighted by Gasteiger charge is -2.27. The molecule has 2 aromatic carbocycles. The predicted molar refractivity (Wildman–Crippen MR) is 99.6 cm³/mol. The maximum Gasteiger partial charge on any atom is 0.0239 e. The molecule has 0 unspecified atom stereocenters. The van der Waals surface area contributed by atoms with Crippen LogP contribution in [-0.4, -0.2) is 18.0 Å². The van der Waals surface area contributed by atoms with Gasteiger partial charge in [0.25, 0.3) is 0 Å². The molecule has 122 valence electrons. The van der Waals surface area contributed by atoms with Gasteiger partial charge in [0.05, 0.1) is 0 Å². The molecular weight excluding hydrogens is 278 g/mol. The number of nitrogens with zero attached hydrogens (tertiary/aromatic N) is 1. The number of likely N-dealkylation sites (tertiary alicyclic amines) is 1. The Kier molecular flexibility index (Phi) is 5.87. The van der Waals surface area contributed by atoms with E-state index in [-0.39, 0.29) is 0 Å². The highest BCUT2D eigenvalue weighted by molar-refractivity contribution is 5.68. The fourth-order valence-electron chi connectivity index (χ4n) is 3.54. The Morgan fingerprint density at radius 3 is 2.43 bits per heavy atom. The number of hydrogen-bond donors (Lipinski definition) is 0. The van der Waals surface area contributed by atoms with Gasteiger partial charge in [-0.2, -0.15) is 0 Å². The number of piperidine rings is 1. The Balaban J connectivity index is 1.87. The minimum Gasteiger partial charge on any atom is -0.299 e. The van der Waals surface area contributed by atoms with Crippen LogP contribution in [0.2, 0.25) is 0 Å². The second kappa shape index (κ2) is 8.31. The van der Waals surface area contributed by atoms with Crippen LogP contribution in [0, 0.1) is 0 Å².